The Labute approximate surface area is 180 Å². The van der Waals surface area contributed by atoms with E-state index in [1.54, 1.807) is 13.1 Å². The molecule has 2 rings (SSSR count). The number of nitrogens with zero attached hydrogens (tertiary/aromatic N) is 3. The van der Waals surface area contributed by atoms with Crippen LogP contribution in [0.5, 0.6) is 0 Å². The molecule has 1 aromatic rings. The fourth-order valence-electron chi connectivity index (χ4n) is 3.00. The Morgan fingerprint density at radius 1 is 1.25 bits per heavy atom. The van der Waals surface area contributed by atoms with Gasteiger partial charge in [0.2, 0.25) is 5.91 Å². The van der Waals surface area contributed by atoms with Crippen molar-refractivity contribution in [3.05, 3.63) is 29.8 Å². The number of hydrogen-bond donors (Lipinski definition) is 2. The van der Waals surface area contributed by atoms with Gasteiger partial charge in [-0.2, -0.15) is 13.2 Å². The van der Waals surface area contributed by atoms with E-state index >= 15 is 0 Å². The van der Waals surface area contributed by atoms with E-state index in [1.807, 2.05) is 23.1 Å². The van der Waals surface area contributed by atoms with Crippen LogP contribution in [-0.4, -0.2) is 67.1 Å². The summed E-state index contributed by atoms with van der Waals surface area (Å²) in [6.07, 6.45) is -4.21. The molecule has 1 heterocycles. The van der Waals surface area contributed by atoms with E-state index in [0.717, 1.165) is 5.56 Å². The fourth-order valence-corrected chi connectivity index (χ4v) is 3.00. The number of aliphatic imine (C=N–C) groups is 1. The van der Waals surface area contributed by atoms with Crippen LogP contribution in [0.15, 0.2) is 29.3 Å². The molecule has 2 N–H and O–H groups in total. The third kappa shape index (κ3) is 7.12. The minimum atomic E-state index is -4.21. The fraction of sp³-hybridized carbons (Fsp3) is 0.556. The lowest BCUT2D eigenvalue weighted by Crippen LogP contribution is -2.56. The molecule has 158 valence electrons. The molecule has 6 nitrogen and oxygen atoms in total. The molecule has 0 aliphatic carbocycles. The standard InChI is InChI=1S/C18H26F3N5O.HI/c1-13(18(19,20)21)25-7-9-26(10-8-25)17(22-3)23-12-15-5-4-6-16(11-15)24-14(2)27;/h4-6,11,13H,7-10,12H2,1-3H3,(H,22,23)(H,24,27);1H. The van der Waals surface area contributed by atoms with Crippen LogP contribution in [0, 0.1) is 0 Å². The van der Waals surface area contributed by atoms with Crippen LogP contribution in [0.4, 0.5) is 18.9 Å². The SMILES string of the molecule is CN=C(NCc1cccc(NC(C)=O)c1)N1CCN(C(C)C(F)(F)F)CC1.I. The van der Waals surface area contributed by atoms with Crippen LogP contribution >= 0.6 is 24.0 Å². The van der Waals surface area contributed by atoms with Gasteiger partial charge in [0, 0.05) is 52.4 Å². The molecule has 0 bridgehead atoms. The maximum atomic E-state index is 12.9. The van der Waals surface area contributed by atoms with Gasteiger partial charge in [-0.15, -0.1) is 24.0 Å². The Kier molecular flexibility index (Phi) is 9.48. The number of alkyl halides is 3. The Bertz CT molecular complexity index is 675. The average molecular weight is 513 g/mol. The molecule has 10 heteroatoms. The van der Waals surface area contributed by atoms with Gasteiger partial charge in [0.1, 0.15) is 6.04 Å². The van der Waals surface area contributed by atoms with E-state index in [-0.39, 0.29) is 29.9 Å². The summed E-state index contributed by atoms with van der Waals surface area (Å²) in [6, 6.07) is 6.01. The number of carbonyl (C=O) groups is 1. The molecule has 1 amide bonds. The molecule has 1 aliphatic heterocycles. The molecule has 0 radical (unpaired) electrons. The maximum Gasteiger partial charge on any atom is 0.403 e. The molecule has 28 heavy (non-hydrogen) atoms. The summed E-state index contributed by atoms with van der Waals surface area (Å²) in [6.45, 7) is 4.77. The highest BCUT2D eigenvalue weighted by molar-refractivity contribution is 14.0. The topological polar surface area (TPSA) is 60.0 Å². The molecule has 0 aromatic heterocycles. The number of guanidine groups is 1. The van der Waals surface area contributed by atoms with Crippen molar-refractivity contribution in [3.8, 4) is 0 Å². The molecule has 1 aromatic carbocycles. The first-order chi connectivity index (χ1) is 12.7. The number of benzene rings is 1. The Balaban J connectivity index is 0.00000392. The summed E-state index contributed by atoms with van der Waals surface area (Å²) in [5, 5.41) is 5.97. The monoisotopic (exact) mass is 513 g/mol. The second-order valence-electron chi connectivity index (χ2n) is 6.52. The molecule has 1 atom stereocenters. The quantitative estimate of drug-likeness (QED) is 0.370. The lowest BCUT2D eigenvalue weighted by atomic mass is 10.2. The first-order valence-electron chi connectivity index (χ1n) is 8.83. The highest BCUT2D eigenvalue weighted by Gasteiger charge is 2.41. The zero-order valence-corrected chi connectivity index (χ0v) is 18.5. The van der Waals surface area contributed by atoms with E-state index in [2.05, 4.69) is 15.6 Å². The second kappa shape index (κ2) is 10.8. The number of halogens is 4. The molecule has 1 saturated heterocycles. The van der Waals surface area contributed by atoms with Crippen molar-refractivity contribution in [2.24, 2.45) is 4.99 Å². The van der Waals surface area contributed by atoms with Crippen molar-refractivity contribution in [2.75, 3.05) is 38.5 Å². The molecule has 0 saturated carbocycles. The maximum absolute atomic E-state index is 12.9. The number of piperazine rings is 1. The predicted octanol–water partition coefficient (Wildman–Crippen LogP) is 2.91. The van der Waals surface area contributed by atoms with Gasteiger partial charge in [0.15, 0.2) is 5.96 Å². The van der Waals surface area contributed by atoms with Crippen molar-refractivity contribution in [2.45, 2.75) is 32.6 Å². The smallest absolute Gasteiger partial charge is 0.352 e. The van der Waals surface area contributed by atoms with Crippen LogP contribution in [0.25, 0.3) is 0 Å². The van der Waals surface area contributed by atoms with Crippen molar-refractivity contribution >= 4 is 41.5 Å². The summed E-state index contributed by atoms with van der Waals surface area (Å²) in [5.41, 5.74) is 1.68. The second-order valence-corrected chi connectivity index (χ2v) is 6.52. The van der Waals surface area contributed by atoms with Crippen LogP contribution in [-0.2, 0) is 11.3 Å². The third-order valence-corrected chi connectivity index (χ3v) is 4.55. The van der Waals surface area contributed by atoms with Crippen LogP contribution in [0.3, 0.4) is 0 Å². The van der Waals surface area contributed by atoms with Crippen LogP contribution < -0.4 is 10.6 Å². The summed E-state index contributed by atoms with van der Waals surface area (Å²) in [7, 11) is 1.65. The summed E-state index contributed by atoms with van der Waals surface area (Å²) < 4.78 is 38.6. The van der Waals surface area contributed by atoms with Crippen LogP contribution in [0.2, 0.25) is 0 Å². The van der Waals surface area contributed by atoms with Gasteiger partial charge in [0.05, 0.1) is 0 Å². The minimum absolute atomic E-state index is 0. The van der Waals surface area contributed by atoms with Gasteiger partial charge in [-0.25, -0.2) is 0 Å². The van der Waals surface area contributed by atoms with E-state index in [1.165, 1.54) is 18.7 Å². The minimum Gasteiger partial charge on any atom is -0.352 e. The first-order valence-corrected chi connectivity index (χ1v) is 8.83. The lowest BCUT2D eigenvalue weighted by Gasteiger charge is -2.39. The van der Waals surface area contributed by atoms with E-state index in [4.69, 9.17) is 0 Å². The molecule has 1 aliphatic rings. The number of rotatable bonds is 4. The summed E-state index contributed by atoms with van der Waals surface area (Å²) in [5.74, 6) is 0.515. The average Bonchev–Trinajstić information content (AvgIpc) is 2.61. The Morgan fingerprint density at radius 2 is 1.89 bits per heavy atom. The Hall–Kier alpha value is -1.56. The van der Waals surface area contributed by atoms with Gasteiger partial charge >= 0.3 is 6.18 Å². The largest absolute Gasteiger partial charge is 0.403 e. The third-order valence-electron chi connectivity index (χ3n) is 4.55. The van der Waals surface area contributed by atoms with Crippen molar-refractivity contribution in [3.63, 3.8) is 0 Å². The van der Waals surface area contributed by atoms with E-state index in [9.17, 15) is 18.0 Å². The molecule has 1 unspecified atom stereocenters. The van der Waals surface area contributed by atoms with Crippen molar-refractivity contribution in [1.29, 1.82) is 0 Å². The highest BCUT2D eigenvalue weighted by atomic mass is 127. The Morgan fingerprint density at radius 3 is 2.43 bits per heavy atom. The number of nitrogens with one attached hydrogen (secondary N) is 2. The number of anilines is 1. The van der Waals surface area contributed by atoms with E-state index in [0.29, 0.717) is 44.4 Å². The first kappa shape index (κ1) is 24.5. The summed E-state index contributed by atoms with van der Waals surface area (Å²) >= 11 is 0. The zero-order chi connectivity index (χ0) is 20.0. The van der Waals surface area contributed by atoms with Gasteiger partial charge in [-0.1, -0.05) is 12.1 Å². The van der Waals surface area contributed by atoms with Gasteiger partial charge in [-0.3, -0.25) is 14.7 Å². The molecule has 0 spiro atoms. The van der Waals surface area contributed by atoms with Gasteiger partial charge < -0.3 is 15.5 Å². The molecular formula is C18H27F3IN5O. The highest BCUT2D eigenvalue weighted by Crippen LogP contribution is 2.25. The zero-order valence-electron chi connectivity index (χ0n) is 16.2. The van der Waals surface area contributed by atoms with Crippen molar-refractivity contribution in [1.82, 2.24) is 15.1 Å². The van der Waals surface area contributed by atoms with E-state index < -0.39 is 12.2 Å². The number of carbonyl (C=O) groups excluding carboxylic acids is 1. The normalized spacial score (nSPS) is 16.9. The van der Waals surface area contributed by atoms with Gasteiger partial charge in [-0.05, 0) is 24.6 Å². The molecular weight excluding hydrogens is 486 g/mol. The van der Waals surface area contributed by atoms with Crippen LogP contribution in [0.1, 0.15) is 19.4 Å². The lowest BCUT2D eigenvalue weighted by molar-refractivity contribution is -0.181. The summed E-state index contributed by atoms with van der Waals surface area (Å²) in [4.78, 5) is 18.8. The van der Waals surface area contributed by atoms with Gasteiger partial charge in [0.25, 0.3) is 0 Å². The predicted molar refractivity (Wildman–Crippen MR) is 115 cm³/mol. The van der Waals surface area contributed by atoms with Crippen molar-refractivity contribution < 1.29 is 18.0 Å². The molecule has 1 fully saturated rings. The number of hydrogen-bond acceptors (Lipinski definition) is 3. The number of amides is 1.